The molecule has 1 unspecified atom stereocenters. The van der Waals surface area contributed by atoms with Crippen molar-refractivity contribution in [3.8, 4) is 0 Å². The largest absolute Gasteiger partial charge is 0.436 e. The Morgan fingerprint density at radius 2 is 2.09 bits per heavy atom. The second-order valence-corrected chi connectivity index (χ2v) is 2.31. The highest BCUT2D eigenvalue weighted by atomic mass is 16.7. The Bertz CT molecular complexity index is 108. The maximum atomic E-state index is 10.9. The first-order valence-electron chi connectivity index (χ1n) is 3.96. The van der Waals surface area contributed by atoms with Crippen LogP contribution in [0.2, 0.25) is 0 Å². The van der Waals surface area contributed by atoms with E-state index >= 15 is 0 Å². The Kier molecular flexibility index (Phi) is 5.84. The minimum Gasteiger partial charge on any atom is -0.436 e. The fraction of sp³-hybridized carbons (Fsp3) is 0.875. The van der Waals surface area contributed by atoms with Crippen molar-refractivity contribution in [2.24, 2.45) is 0 Å². The molecular weight excluding hydrogens is 144 g/mol. The van der Waals surface area contributed by atoms with Crippen molar-refractivity contribution in [2.45, 2.75) is 39.4 Å². The second-order valence-electron chi connectivity index (χ2n) is 2.31. The molecule has 0 aromatic carbocycles. The summed E-state index contributed by atoms with van der Waals surface area (Å²) in [4.78, 5) is 10.9. The van der Waals surface area contributed by atoms with Crippen LogP contribution in [-0.4, -0.2) is 19.4 Å². The maximum Gasteiger partial charge on any atom is 0.308 e. The number of esters is 1. The van der Waals surface area contributed by atoms with Crippen molar-refractivity contribution in [3.63, 3.8) is 0 Å². The van der Waals surface area contributed by atoms with E-state index in [0.717, 1.165) is 6.42 Å². The molecule has 0 saturated heterocycles. The molecule has 0 heterocycles. The molecule has 0 rings (SSSR count). The normalized spacial score (nSPS) is 12.6. The zero-order valence-electron chi connectivity index (χ0n) is 7.42. The Balaban J connectivity index is 3.54. The second kappa shape index (κ2) is 6.16. The van der Waals surface area contributed by atoms with E-state index in [2.05, 4.69) is 0 Å². The van der Waals surface area contributed by atoms with Gasteiger partial charge in [0.1, 0.15) is 0 Å². The zero-order chi connectivity index (χ0) is 8.69. The molecule has 11 heavy (non-hydrogen) atoms. The first-order chi connectivity index (χ1) is 5.24. The van der Waals surface area contributed by atoms with Crippen LogP contribution in [-0.2, 0) is 14.3 Å². The molecule has 0 N–H and O–H groups in total. The molecule has 0 aliphatic carbocycles. The van der Waals surface area contributed by atoms with Gasteiger partial charge in [0.15, 0.2) is 0 Å². The summed E-state index contributed by atoms with van der Waals surface area (Å²) in [5.74, 6) is -0.179. The number of hydrogen-bond donors (Lipinski definition) is 0. The summed E-state index contributed by atoms with van der Waals surface area (Å²) in [7, 11) is 1.54. The summed E-state index contributed by atoms with van der Waals surface area (Å²) in [6.45, 7) is 3.85. The highest BCUT2D eigenvalue weighted by molar-refractivity contribution is 5.69. The minimum atomic E-state index is -0.367. The van der Waals surface area contributed by atoms with Gasteiger partial charge in [0, 0.05) is 20.0 Å². The van der Waals surface area contributed by atoms with E-state index in [0.29, 0.717) is 12.8 Å². The lowest BCUT2D eigenvalue weighted by molar-refractivity contribution is -0.173. The summed E-state index contributed by atoms with van der Waals surface area (Å²) in [6, 6.07) is 0. The van der Waals surface area contributed by atoms with Gasteiger partial charge in [0.2, 0.25) is 6.29 Å². The van der Waals surface area contributed by atoms with Gasteiger partial charge in [-0.2, -0.15) is 0 Å². The van der Waals surface area contributed by atoms with Crippen molar-refractivity contribution in [1.82, 2.24) is 0 Å². The Morgan fingerprint density at radius 3 is 2.45 bits per heavy atom. The predicted octanol–water partition coefficient (Wildman–Crippen LogP) is 1.71. The molecule has 1 atom stereocenters. The number of rotatable bonds is 5. The van der Waals surface area contributed by atoms with Gasteiger partial charge in [-0.15, -0.1) is 0 Å². The summed E-state index contributed by atoms with van der Waals surface area (Å²) in [5.41, 5.74) is 0. The van der Waals surface area contributed by atoms with Gasteiger partial charge in [0.05, 0.1) is 0 Å². The average Bonchev–Trinajstić information content (AvgIpc) is 2.01. The fourth-order valence-electron chi connectivity index (χ4n) is 0.708. The Morgan fingerprint density at radius 1 is 1.45 bits per heavy atom. The highest BCUT2D eigenvalue weighted by Crippen LogP contribution is 2.01. The van der Waals surface area contributed by atoms with Crippen LogP contribution in [0.3, 0.4) is 0 Å². The molecule has 3 nitrogen and oxygen atoms in total. The van der Waals surface area contributed by atoms with Gasteiger partial charge in [-0.3, -0.25) is 4.79 Å². The summed E-state index contributed by atoms with van der Waals surface area (Å²) in [6.07, 6.45) is 1.62. The van der Waals surface area contributed by atoms with Gasteiger partial charge in [0.25, 0.3) is 0 Å². The van der Waals surface area contributed by atoms with E-state index in [9.17, 15) is 4.79 Å². The third kappa shape index (κ3) is 4.79. The van der Waals surface area contributed by atoms with Crippen LogP contribution >= 0.6 is 0 Å². The molecule has 3 heteroatoms. The van der Waals surface area contributed by atoms with Crippen molar-refractivity contribution < 1.29 is 14.3 Å². The third-order valence-electron chi connectivity index (χ3n) is 1.31. The van der Waals surface area contributed by atoms with E-state index in [1.807, 2.05) is 13.8 Å². The lowest BCUT2D eigenvalue weighted by Crippen LogP contribution is -2.18. The molecule has 0 amide bonds. The monoisotopic (exact) mass is 160 g/mol. The van der Waals surface area contributed by atoms with Crippen LogP contribution in [0.1, 0.15) is 33.1 Å². The van der Waals surface area contributed by atoms with Crippen LogP contribution in [0.4, 0.5) is 0 Å². The number of hydrogen-bond acceptors (Lipinski definition) is 3. The van der Waals surface area contributed by atoms with Crippen molar-refractivity contribution in [1.29, 1.82) is 0 Å². The number of methoxy groups -OCH3 is 1. The molecule has 0 aromatic rings. The van der Waals surface area contributed by atoms with Gasteiger partial charge in [-0.25, -0.2) is 0 Å². The molecule has 0 radical (unpaired) electrons. The predicted molar refractivity (Wildman–Crippen MR) is 42.1 cm³/mol. The minimum absolute atomic E-state index is 0.179. The van der Waals surface area contributed by atoms with E-state index in [1.54, 1.807) is 0 Å². The topological polar surface area (TPSA) is 35.5 Å². The molecule has 0 saturated carbocycles. The van der Waals surface area contributed by atoms with E-state index in [1.165, 1.54) is 7.11 Å². The summed E-state index contributed by atoms with van der Waals surface area (Å²) in [5, 5.41) is 0. The Labute approximate surface area is 67.7 Å². The number of carbonyl (C=O) groups is 1. The average molecular weight is 160 g/mol. The summed E-state index contributed by atoms with van der Waals surface area (Å²) < 4.78 is 9.80. The van der Waals surface area contributed by atoms with Gasteiger partial charge >= 0.3 is 5.97 Å². The molecule has 0 aliphatic rings. The number of ether oxygens (including phenoxy) is 2. The van der Waals surface area contributed by atoms with Crippen LogP contribution in [0.5, 0.6) is 0 Å². The van der Waals surface area contributed by atoms with Crippen LogP contribution in [0.25, 0.3) is 0 Å². The van der Waals surface area contributed by atoms with E-state index in [4.69, 9.17) is 9.47 Å². The first-order valence-corrected chi connectivity index (χ1v) is 3.96. The summed E-state index contributed by atoms with van der Waals surface area (Å²) >= 11 is 0. The molecule has 0 aromatic heterocycles. The highest BCUT2D eigenvalue weighted by Gasteiger charge is 2.09. The maximum absolute atomic E-state index is 10.9. The lowest BCUT2D eigenvalue weighted by Gasteiger charge is -2.13. The van der Waals surface area contributed by atoms with Gasteiger partial charge in [-0.05, 0) is 6.42 Å². The number of carbonyl (C=O) groups excluding carboxylic acids is 1. The van der Waals surface area contributed by atoms with E-state index < -0.39 is 0 Å². The molecular formula is C8H16O3. The van der Waals surface area contributed by atoms with Gasteiger partial charge in [-0.1, -0.05) is 13.8 Å². The van der Waals surface area contributed by atoms with Crippen molar-refractivity contribution >= 4 is 5.97 Å². The Hall–Kier alpha value is -0.570. The van der Waals surface area contributed by atoms with E-state index in [-0.39, 0.29) is 12.3 Å². The fourth-order valence-corrected chi connectivity index (χ4v) is 0.708. The molecule has 0 aliphatic heterocycles. The van der Waals surface area contributed by atoms with Crippen LogP contribution in [0.15, 0.2) is 0 Å². The zero-order valence-corrected chi connectivity index (χ0v) is 7.42. The SMILES string of the molecule is CCCC(=O)OC(CC)OC. The van der Waals surface area contributed by atoms with Gasteiger partial charge < -0.3 is 9.47 Å². The molecule has 0 bridgehead atoms. The van der Waals surface area contributed by atoms with Crippen LogP contribution < -0.4 is 0 Å². The third-order valence-corrected chi connectivity index (χ3v) is 1.31. The van der Waals surface area contributed by atoms with Crippen LogP contribution in [0, 0.1) is 0 Å². The van der Waals surface area contributed by atoms with Crippen molar-refractivity contribution in [2.75, 3.05) is 7.11 Å². The smallest absolute Gasteiger partial charge is 0.308 e. The quantitative estimate of drug-likeness (QED) is 0.453. The molecule has 0 fully saturated rings. The van der Waals surface area contributed by atoms with Crippen molar-refractivity contribution in [3.05, 3.63) is 0 Å². The lowest BCUT2D eigenvalue weighted by atomic mass is 10.3. The first kappa shape index (κ1) is 10.4. The standard InChI is InChI=1S/C8H16O3/c1-4-6-7(9)11-8(5-2)10-3/h8H,4-6H2,1-3H3. The molecule has 0 spiro atoms. The molecule has 66 valence electrons.